The number of quaternary nitrogens is 1. The van der Waals surface area contributed by atoms with Gasteiger partial charge in [-0.2, -0.15) is 4.90 Å². The van der Waals surface area contributed by atoms with Gasteiger partial charge in [-0.05, 0) is 6.92 Å². The smallest absolute Gasteiger partial charge is 0.305 e. The van der Waals surface area contributed by atoms with Gasteiger partial charge < -0.3 is 5.32 Å². The van der Waals surface area contributed by atoms with E-state index in [0.29, 0.717) is 6.54 Å². The van der Waals surface area contributed by atoms with Crippen LogP contribution in [0.5, 0.6) is 0 Å². The van der Waals surface area contributed by atoms with Crippen LogP contribution < -0.4 is 10.2 Å². The van der Waals surface area contributed by atoms with Crippen molar-refractivity contribution in [2.75, 3.05) is 6.54 Å². The fourth-order valence-electron chi connectivity index (χ4n) is 1.89. The molecule has 2 aromatic carbocycles. The Hall–Kier alpha value is -2.13. The lowest BCUT2D eigenvalue weighted by Crippen LogP contribution is -3.07. The Morgan fingerprint density at radius 3 is 1.78 bits per heavy atom. The zero-order valence-electron chi connectivity index (χ0n) is 10.4. The SMILES string of the molecule is CCNC(=O)[NH+](c1ccccc1)c1ccccc1. The highest BCUT2D eigenvalue weighted by Crippen LogP contribution is 2.06. The van der Waals surface area contributed by atoms with Crippen LogP contribution in [0.2, 0.25) is 0 Å². The minimum absolute atomic E-state index is 0.0325. The lowest BCUT2D eigenvalue weighted by Gasteiger charge is -2.16. The van der Waals surface area contributed by atoms with Gasteiger partial charge in [0, 0.05) is 30.8 Å². The quantitative estimate of drug-likeness (QED) is 0.849. The fraction of sp³-hybridized carbons (Fsp3) is 0.133. The molecule has 0 aromatic heterocycles. The molecule has 3 nitrogen and oxygen atoms in total. The Labute approximate surface area is 107 Å². The van der Waals surface area contributed by atoms with E-state index in [1.54, 1.807) is 0 Å². The van der Waals surface area contributed by atoms with Crippen molar-refractivity contribution in [3.63, 3.8) is 0 Å². The maximum Gasteiger partial charge on any atom is 0.425 e. The first-order chi connectivity index (χ1) is 8.83. The van der Waals surface area contributed by atoms with E-state index in [2.05, 4.69) is 5.32 Å². The Balaban J connectivity index is 2.38. The normalized spacial score (nSPS) is 10.3. The third-order valence-electron chi connectivity index (χ3n) is 2.69. The van der Waals surface area contributed by atoms with Gasteiger partial charge in [0.25, 0.3) is 0 Å². The fourth-order valence-corrected chi connectivity index (χ4v) is 1.89. The lowest BCUT2D eigenvalue weighted by atomic mass is 10.2. The minimum atomic E-state index is -0.0325. The van der Waals surface area contributed by atoms with Gasteiger partial charge in [0.1, 0.15) is 11.4 Å². The van der Waals surface area contributed by atoms with Crippen LogP contribution in [0.1, 0.15) is 6.92 Å². The average Bonchev–Trinajstić information content (AvgIpc) is 2.42. The van der Waals surface area contributed by atoms with E-state index in [4.69, 9.17) is 0 Å². The third-order valence-corrected chi connectivity index (χ3v) is 2.69. The molecule has 0 bridgehead atoms. The molecule has 0 saturated carbocycles. The zero-order valence-corrected chi connectivity index (χ0v) is 10.4. The van der Waals surface area contributed by atoms with Gasteiger partial charge in [0.05, 0.1) is 0 Å². The van der Waals surface area contributed by atoms with E-state index >= 15 is 0 Å². The molecule has 0 aliphatic rings. The van der Waals surface area contributed by atoms with E-state index in [-0.39, 0.29) is 6.03 Å². The molecule has 0 fully saturated rings. The van der Waals surface area contributed by atoms with Crippen molar-refractivity contribution in [3.05, 3.63) is 60.7 Å². The molecule has 0 unspecified atom stereocenters. The van der Waals surface area contributed by atoms with Crippen LogP contribution in [-0.4, -0.2) is 12.6 Å². The van der Waals surface area contributed by atoms with Gasteiger partial charge >= 0.3 is 6.03 Å². The molecular weight excluding hydrogens is 224 g/mol. The van der Waals surface area contributed by atoms with Crippen LogP contribution in [0.3, 0.4) is 0 Å². The maximum atomic E-state index is 12.2. The summed E-state index contributed by atoms with van der Waals surface area (Å²) in [6, 6.07) is 19.5. The molecule has 0 spiro atoms. The number of carbonyl (C=O) groups excluding carboxylic acids is 1. The van der Waals surface area contributed by atoms with E-state index in [9.17, 15) is 4.79 Å². The topological polar surface area (TPSA) is 33.5 Å². The van der Waals surface area contributed by atoms with Crippen molar-refractivity contribution < 1.29 is 9.69 Å². The van der Waals surface area contributed by atoms with Crippen molar-refractivity contribution >= 4 is 17.4 Å². The Morgan fingerprint density at radius 1 is 0.944 bits per heavy atom. The largest absolute Gasteiger partial charge is 0.425 e. The van der Waals surface area contributed by atoms with Crippen LogP contribution in [0.15, 0.2) is 60.7 Å². The molecule has 0 atom stereocenters. The van der Waals surface area contributed by atoms with Crippen molar-refractivity contribution in [3.8, 4) is 0 Å². The first kappa shape index (κ1) is 12.3. The highest BCUT2D eigenvalue weighted by atomic mass is 16.2. The molecule has 2 N–H and O–H groups in total. The number of para-hydroxylation sites is 2. The van der Waals surface area contributed by atoms with Gasteiger partial charge in [0.2, 0.25) is 0 Å². The van der Waals surface area contributed by atoms with Crippen LogP contribution in [0, 0.1) is 0 Å². The summed E-state index contributed by atoms with van der Waals surface area (Å²) in [6.07, 6.45) is 0. The first-order valence-electron chi connectivity index (χ1n) is 6.09. The summed E-state index contributed by atoms with van der Waals surface area (Å²) in [5.41, 5.74) is 1.88. The first-order valence-corrected chi connectivity index (χ1v) is 6.09. The number of hydrogen-bond donors (Lipinski definition) is 2. The summed E-state index contributed by atoms with van der Waals surface area (Å²) in [5, 5.41) is 2.87. The molecular formula is C15H17N2O+. The molecule has 0 aliphatic heterocycles. The average molecular weight is 241 g/mol. The second-order valence-electron chi connectivity index (χ2n) is 3.97. The van der Waals surface area contributed by atoms with E-state index in [0.717, 1.165) is 16.3 Å². The summed E-state index contributed by atoms with van der Waals surface area (Å²) in [7, 11) is 0. The predicted octanol–water partition coefficient (Wildman–Crippen LogP) is 2.26. The van der Waals surface area contributed by atoms with Crippen LogP contribution in [0.4, 0.5) is 16.2 Å². The summed E-state index contributed by atoms with van der Waals surface area (Å²) in [6.45, 7) is 2.55. The molecule has 18 heavy (non-hydrogen) atoms. The minimum Gasteiger partial charge on any atom is -0.305 e. The van der Waals surface area contributed by atoms with Gasteiger partial charge in [-0.3, -0.25) is 0 Å². The Bertz CT molecular complexity index is 457. The monoisotopic (exact) mass is 241 g/mol. The Kier molecular flexibility index (Phi) is 4.10. The van der Waals surface area contributed by atoms with Gasteiger partial charge in [-0.15, -0.1) is 0 Å². The third kappa shape index (κ3) is 2.76. The Morgan fingerprint density at radius 2 is 1.39 bits per heavy atom. The second kappa shape index (κ2) is 5.98. The molecule has 92 valence electrons. The van der Waals surface area contributed by atoms with Crippen molar-refractivity contribution in [1.82, 2.24) is 5.32 Å². The number of benzene rings is 2. The van der Waals surface area contributed by atoms with Crippen LogP contribution >= 0.6 is 0 Å². The second-order valence-corrected chi connectivity index (χ2v) is 3.97. The highest BCUT2D eigenvalue weighted by Gasteiger charge is 2.23. The van der Waals surface area contributed by atoms with Gasteiger partial charge in [-0.25, -0.2) is 4.79 Å². The number of carbonyl (C=O) groups is 1. The van der Waals surface area contributed by atoms with Crippen LogP contribution in [0.25, 0.3) is 0 Å². The summed E-state index contributed by atoms with van der Waals surface area (Å²) in [5.74, 6) is 0. The van der Waals surface area contributed by atoms with Gasteiger partial charge in [0.15, 0.2) is 0 Å². The number of rotatable bonds is 3. The van der Waals surface area contributed by atoms with E-state index in [1.165, 1.54) is 0 Å². The molecule has 0 saturated heterocycles. The van der Waals surface area contributed by atoms with E-state index in [1.807, 2.05) is 67.6 Å². The van der Waals surface area contributed by atoms with Crippen LogP contribution in [-0.2, 0) is 0 Å². The summed E-state index contributed by atoms with van der Waals surface area (Å²) in [4.78, 5) is 12.9. The van der Waals surface area contributed by atoms with Crippen molar-refractivity contribution in [1.29, 1.82) is 0 Å². The molecule has 0 radical (unpaired) electrons. The number of amides is 2. The van der Waals surface area contributed by atoms with Gasteiger partial charge in [-0.1, -0.05) is 36.4 Å². The van der Waals surface area contributed by atoms with Crippen molar-refractivity contribution in [2.24, 2.45) is 0 Å². The van der Waals surface area contributed by atoms with Crippen molar-refractivity contribution in [2.45, 2.75) is 6.92 Å². The van der Waals surface area contributed by atoms with E-state index < -0.39 is 0 Å². The maximum absolute atomic E-state index is 12.2. The molecule has 2 rings (SSSR count). The predicted molar refractivity (Wildman–Crippen MR) is 72.2 cm³/mol. The number of nitrogens with one attached hydrogen (secondary N) is 2. The zero-order chi connectivity index (χ0) is 12.8. The highest BCUT2D eigenvalue weighted by molar-refractivity contribution is 5.70. The standard InChI is InChI=1S/C15H16N2O/c1-2-16-15(18)17(13-9-5-3-6-10-13)14-11-7-4-8-12-14/h3-12H,2H2,1H3,(H,16,18)/p+1. The molecule has 2 aromatic rings. The summed E-state index contributed by atoms with van der Waals surface area (Å²) >= 11 is 0. The summed E-state index contributed by atoms with van der Waals surface area (Å²) < 4.78 is 0. The lowest BCUT2D eigenvalue weighted by molar-refractivity contribution is -0.664. The molecule has 3 heteroatoms. The number of hydrogen-bond acceptors (Lipinski definition) is 1. The molecule has 2 amide bonds. The number of urea groups is 1. The molecule has 0 heterocycles. The molecule has 0 aliphatic carbocycles.